The maximum atomic E-state index is 12.3. The highest BCUT2D eigenvalue weighted by molar-refractivity contribution is 6.31. The molecule has 1 amide bonds. The van der Waals surface area contributed by atoms with E-state index in [9.17, 15) is 9.59 Å². The average Bonchev–Trinajstić information content (AvgIpc) is 2.56. The van der Waals surface area contributed by atoms with Crippen molar-refractivity contribution in [2.24, 2.45) is 0 Å². The van der Waals surface area contributed by atoms with E-state index in [0.717, 1.165) is 25.9 Å². The molecule has 1 unspecified atom stereocenters. The van der Waals surface area contributed by atoms with E-state index in [2.05, 4.69) is 14.9 Å². The van der Waals surface area contributed by atoms with Crippen molar-refractivity contribution in [2.75, 3.05) is 19.6 Å². The van der Waals surface area contributed by atoms with Crippen molar-refractivity contribution < 1.29 is 4.79 Å². The van der Waals surface area contributed by atoms with Crippen LogP contribution < -0.4 is 5.56 Å². The predicted molar refractivity (Wildman–Crippen MR) is 92.0 cm³/mol. The molecule has 7 heteroatoms. The Labute approximate surface area is 144 Å². The lowest BCUT2D eigenvalue weighted by Gasteiger charge is -2.43. The van der Waals surface area contributed by atoms with Crippen molar-refractivity contribution in [3.05, 3.63) is 39.4 Å². The Bertz CT molecular complexity index is 850. The smallest absolute Gasteiger partial charge is 0.258 e. The number of H-pyrrole nitrogens is 1. The first-order valence-corrected chi connectivity index (χ1v) is 8.68. The Morgan fingerprint density at radius 2 is 2.17 bits per heavy atom. The van der Waals surface area contributed by atoms with Gasteiger partial charge in [-0.15, -0.1) is 0 Å². The van der Waals surface area contributed by atoms with Crippen LogP contribution in [0, 0.1) is 0 Å². The van der Waals surface area contributed by atoms with Crippen LogP contribution in [-0.2, 0) is 11.3 Å². The molecule has 126 valence electrons. The number of hydrogen-bond donors (Lipinski definition) is 1. The highest BCUT2D eigenvalue weighted by Gasteiger charge is 2.34. The van der Waals surface area contributed by atoms with Crippen LogP contribution in [0.25, 0.3) is 10.9 Å². The number of carbonyl (C=O) groups excluding carboxylic acids is 1. The van der Waals surface area contributed by atoms with Crippen LogP contribution in [0.2, 0.25) is 5.02 Å². The fourth-order valence-electron chi connectivity index (χ4n) is 3.73. The molecular weight excluding hydrogens is 328 g/mol. The van der Waals surface area contributed by atoms with Gasteiger partial charge in [0, 0.05) is 24.2 Å². The minimum absolute atomic E-state index is 0.181. The van der Waals surface area contributed by atoms with Gasteiger partial charge in [0.1, 0.15) is 5.82 Å². The van der Waals surface area contributed by atoms with Crippen molar-refractivity contribution in [1.29, 1.82) is 0 Å². The zero-order valence-electron chi connectivity index (χ0n) is 13.3. The molecule has 2 aromatic rings. The lowest BCUT2D eigenvalue weighted by atomic mass is 9.99. The fourth-order valence-corrected chi connectivity index (χ4v) is 3.90. The van der Waals surface area contributed by atoms with Gasteiger partial charge in [-0.3, -0.25) is 14.5 Å². The van der Waals surface area contributed by atoms with Crippen molar-refractivity contribution in [3.8, 4) is 0 Å². The minimum atomic E-state index is -0.194. The number of rotatable bonds is 2. The molecule has 6 nitrogen and oxygen atoms in total. The third-order valence-corrected chi connectivity index (χ3v) is 5.10. The summed E-state index contributed by atoms with van der Waals surface area (Å²) in [7, 11) is 0. The number of nitrogens with zero attached hydrogens (tertiary/aromatic N) is 3. The topological polar surface area (TPSA) is 69.3 Å². The number of piperazine rings is 1. The summed E-state index contributed by atoms with van der Waals surface area (Å²) in [6.45, 7) is 2.58. The summed E-state index contributed by atoms with van der Waals surface area (Å²) in [6.07, 6.45) is 3.33. The molecule has 0 aliphatic carbocycles. The summed E-state index contributed by atoms with van der Waals surface area (Å²) < 4.78 is 0. The molecule has 0 saturated carbocycles. The second-order valence-corrected chi connectivity index (χ2v) is 7.02. The van der Waals surface area contributed by atoms with Gasteiger partial charge in [-0.1, -0.05) is 11.6 Å². The van der Waals surface area contributed by atoms with E-state index in [1.807, 2.05) is 4.90 Å². The van der Waals surface area contributed by atoms with Crippen LogP contribution in [0.15, 0.2) is 23.0 Å². The number of aromatic nitrogens is 2. The summed E-state index contributed by atoms with van der Waals surface area (Å²) in [5.41, 5.74) is 0.431. The number of carbonyl (C=O) groups is 1. The Kier molecular flexibility index (Phi) is 4.02. The van der Waals surface area contributed by atoms with Crippen LogP contribution in [0.1, 0.15) is 25.1 Å². The van der Waals surface area contributed by atoms with Gasteiger partial charge in [0.2, 0.25) is 5.91 Å². The molecule has 3 heterocycles. The van der Waals surface area contributed by atoms with E-state index in [0.29, 0.717) is 40.9 Å². The quantitative estimate of drug-likeness (QED) is 0.899. The van der Waals surface area contributed by atoms with Crippen LogP contribution in [0.3, 0.4) is 0 Å². The number of halogens is 1. The predicted octanol–water partition coefficient (Wildman–Crippen LogP) is 1.77. The monoisotopic (exact) mass is 346 g/mol. The van der Waals surface area contributed by atoms with Crippen LogP contribution in [-0.4, -0.2) is 51.4 Å². The Hall–Kier alpha value is -1.92. The van der Waals surface area contributed by atoms with E-state index in [1.165, 1.54) is 6.42 Å². The second kappa shape index (κ2) is 6.18. The molecule has 0 bridgehead atoms. The van der Waals surface area contributed by atoms with Crippen molar-refractivity contribution in [3.63, 3.8) is 0 Å². The third kappa shape index (κ3) is 2.91. The van der Waals surface area contributed by atoms with Crippen LogP contribution in [0.5, 0.6) is 0 Å². The van der Waals surface area contributed by atoms with Gasteiger partial charge in [-0.2, -0.15) is 0 Å². The molecule has 0 radical (unpaired) electrons. The first-order chi connectivity index (χ1) is 11.6. The SMILES string of the molecule is O=C1CN(Cc2nc3ccc(Cl)cc3c(=O)[nH]2)CC2CCCCN12. The molecular formula is C17H19ClN4O2. The van der Waals surface area contributed by atoms with E-state index in [-0.39, 0.29) is 11.5 Å². The maximum Gasteiger partial charge on any atom is 0.258 e. The molecule has 2 aliphatic heterocycles. The average molecular weight is 347 g/mol. The number of nitrogens with one attached hydrogen (secondary N) is 1. The normalized spacial score (nSPS) is 22.0. The van der Waals surface area contributed by atoms with Gasteiger partial charge in [0.25, 0.3) is 5.56 Å². The third-order valence-electron chi connectivity index (χ3n) is 4.87. The molecule has 1 aromatic carbocycles. The van der Waals surface area contributed by atoms with E-state index < -0.39 is 0 Å². The second-order valence-electron chi connectivity index (χ2n) is 6.58. The summed E-state index contributed by atoms with van der Waals surface area (Å²) in [4.78, 5) is 36.0. The first kappa shape index (κ1) is 15.6. The lowest BCUT2D eigenvalue weighted by Crippen LogP contribution is -2.57. The van der Waals surface area contributed by atoms with Crippen LogP contribution >= 0.6 is 11.6 Å². The van der Waals surface area contributed by atoms with E-state index in [1.54, 1.807) is 18.2 Å². The molecule has 1 aromatic heterocycles. The highest BCUT2D eigenvalue weighted by atomic mass is 35.5. The largest absolute Gasteiger partial charge is 0.337 e. The fraction of sp³-hybridized carbons (Fsp3) is 0.471. The van der Waals surface area contributed by atoms with Crippen molar-refractivity contribution >= 4 is 28.4 Å². The minimum Gasteiger partial charge on any atom is -0.337 e. The first-order valence-electron chi connectivity index (χ1n) is 8.30. The van der Waals surface area contributed by atoms with Gasteiger partial charge in [-0.25, -0.2) is 4.98 Å². The van der Waals surface area contributed by atoms with Gasteiger partial charge < -0.3 is 9.88 Å². The molecule has 2 aliphatic rings. The zero-order chi connectivity index (χ0) is 16.7. The number of piperidine rings is 1. The standard InChI is InChI=1S/C17H19ClN4O2/c18-11-4-5-14-13(7-11)17(24)20-15(19-14)9-21-8-12-3-1-2-6-22(12)16(23)10-21/h4-5,7,12H,1-3,6,8-10H2,(H,19,20,24). The zero-order valence-corrected chi connectivity index (χ0v) is 14.1. The summed E-state index contributed by atoms with van der Waals surface area (Å²) in [5, 5.41) is 1.00. The molecule has 24 heavy (non-hydrogen) atoms. The lowest BCUT2D eigenvalue weighted by molar-refractivity contribution is -0.141. The van der Waals surface area contributed by atoms with Gasteiger partial charge in [0.05, 0.1) is 24.0 Å². The van der Waals surface area contributed by atoms with Crippen LogP contribution in [0.4, 0.5) is 0 Å². The highest BCUT2D eigenvalue weighted by Crippen LogP contribution is 2.22. The number of aromatic amines is 1. The molecule has 4 rings (SSSR count). The van der Waals surface area contributed by atoms with Crippen molar-refractivity contribution in [1.82, 2.24) is 19.8 Å². The molecule has 2 saturated heterocycles. The summed E-state index contributed by atoms with van der Waals surface area (Å²) in [5.74, 6) is 0.771. The number of hydrogen-bond acceptors (Lipinski definition) is 4. The molecule has 1 atom stereocenters. The molecule has 0 spiro atoms. The van der Waals surface area contributed by atoms with E-state index in [4.69, 9.17) is 11.6 Å². The molecule has 1 N–H and O–H groups in total. The van der Waals surface area contributed by atoms with Gasteiger partial charge in [-0.05, 0) is 37.5 Å². The maximum absolute atomic E-state index is 12.3. The molecule has 2 fully saturated rings. The number of fused-ring (bicyclic) bond motifs is 2. The van der Waals surface area contributed by atoms with E-state index >= 15 is 0 Å². The number of benzene rings is 1. The Morgan fingerprint density at radius 3 is 3.04 bits per heavy atom. The van der Waals surface area contributed by atoms with Crippen molar-refractivity contribution in [2.45, 2.75) is 31.8 Å². The summed E-state index contributed by atoms with van der Waals surface area (Å²) in [6, 6.07) is 5.40. The number of amides is 1. The van der Waals surface area contributed by atoms with Gasteiger partial charge >= 0.3 is 0 Å². The van der Waals surface area contributed by atoms with Gasteiger partial charge in [0.15, 0.2) is 0 Å². The Balaban J connectivity index is 1.57. The summed E-state index contributed by atoms with van der Waals surface area (Å²) >= 11 is 5.94. The Morgan fingerprint density at radius 1 is 1.29 bits per heavy atom.